The molecule has 3 heteroatoms. The summed E-state index contributed by atoms with van der Waals surface area (Å²) >= 11 is 0. The first-order chi connectivity index (χ1) is 8.10. The molecule has 1 aliphatic carbocycles. The van der Waals surface area contributed by atoms with Crippen LogP contribution < -0.4 is 5.32 Å². The molecule has 0 aromatic rings. The summed E-state index contributed by atoms with van der Waals surface area (Å²) in [6.07, 6.45) is 4.77. The SMILES string of the molecule is CCCC1NC(C(C)CC)C(=O)N1C1CC1C. The maximum atomic E-state index is 12.5. The highest BCUT2D eigenvalue weighted by atomic mass is 16.2. The fraction of sp³-hybridized carbons (Fsp3) is 0.929. The van der Waals surface area contributed by atoms with Crippen molar-refractivity contribution in [3.63, 3.8) is 0 Å². The second-order valence-electron chi connectivity index (χ2n) is 5.86. The molecule has 2 fully saturated rings. The van der Waals surface area contributed by atoms with E-state index in [0.29, 0.717) is 30.0 Å². The molecule has 0 spiro atoms. The van der Waals surface area contributed by atoms with Crippen LogP contribution in [0.5, 0.6) is 0 Å². The van der Waals surface area contributed by atoms with E-state index >= 15 is 0 Å². The Morgan fingerprint density at radius 1 is 1.47 bits per heavy atom. The van der Waals surface area contributed by atoms with Gasteiger partial charge in [-0.3, -0.25) is 10.1 Å². The summed E-state index contributed by atoms with van der Waals surface area (Å²) in [6, 6.07) is 0.574. The number of nitrogens with zero attached hydrogens (tertiary/aromatic N) is 1. The lowest BCUT2D eigenvalue weighted by Crippen LogP contribution is -2.39. The molecule has 98 valence electrons. The molecular formula is C14H26N2O. The van der Waals surface area contributed by atoms with E-state index in [0.717, 1.165) is 19.3 Å². The van der Waals surface area contributed by atoms with Crippen LogP contribution in [0.15, 0.2) is 0 Å². The van der Waals surface area contributed by atoms with E-state index in [1.54, 1.807) is 0 Å². The van der Waals surface area contributed by atoms with Crippen LogP contribution in [0.4, 0.5) is 0 Å². The topological polar surface area (TPSA) is 32.3 Å². The fourth-order valence-corrected chi connectivity index (χ4v) is 2.90. The lowest BCUT2D eigenvalue weighted by molar-refractivity contribution is -0.131. The van der Waals surface area contributed by atoms with Crippen molar-refractivity contribution < 1.29 is 4.79 Å². The molecule has 0 bridgehead atoms. The van der Waals surface area contributed by atoms with Crippen LogP contribution in [0.1, 0.15) is 53.4 Å². The molecule has 2 aliphatic rings. The summed E-state index contributed by atoms with van der Waals surface area (Å²) in [5.41, 5.74) is 0. The highest BCUT2D eigenvalue weighted by molar-refractivity contribution is 5.85. The van der Waals surface area contributed by atoms with Crippen molar-refractivity contribution in [1.82, 2.24) is 10.2 Å². The van der Waals surface area contributed by atoms with Gasteiger partial charge in [-0.2, -0.15) is 0 Å². The van der Waals surface area contributed by atoms with Gasteiger partial charge < -0.3 is 4.90 Å². The van der Waals surface area contributed by atoms with E-state index in [1.807, 2.05) is 0 Å². The Kier molecular flexibility index (Phi) is 3.76. The molecular weight excluding hydrogens is 212 g/mol. The predicted molar refractivity (Wildman–Crippen MR) is 69.5 cm³/mol. The molecule has 1 saturated carbocycles. The van der Waals surface area contributed by atoms with Gasteiger partial charge in [0.1, 0.15) is 0 Å². The lowest BCUT2D eigenvalue weighted by Gasteiger charge is -2.24. The molecule has 0 aromatic heterocycles. The van der Waals surface area contributed by atoms with Crippen molar-refractivity contribution in [3.05, 3.63) is 0 Å². The summed E-state index contributed by atoms with van der Waals surface area (Å²) in [6.45, 7) is 8.78. The predicted octanol–water partition coefficient (Wildman–Crippen LogP) is 2.37. The van der Waals surface area contributed by atoms with E-state index in [2.05, 4.69) is 37.9 Å². The standard InChI is InChI=1S/C14H26N2O/c1-5-7-12-15-13(9(3)6-2)14(17)16(12)11-8-10(11)4/h9-13,15H,5-8H2,1-4H3. The van der Waals surface area contributed by atoms with Gasteiger partial charge in [-0.1, -0.05) is 40.5 Å². The number of amides is 1. The minimum absolute atomic E-state index is 0.0596. The lowest BCUT2D eigenvalue weighted by atomic mass is 9.99. The first-order valence-corrected chi connectivity index (χ1v) is 7.18. The van der Waals surface area contributed by atoms with Crippen molar-refractivity contribution in [3.8, 4) is 0 Å². The van der Waals surface area contributed by atoms with Crippen LogP contribution in [0.2, 0.25) is 0 Å². The third-order valence-electron chi connectivity index (χ3n) is 4.43. The van der Waals surface area contributed by atoms with Gasteiger partial charge in [0.2, 0.25) is 5.91 Å². The largest absolute Gasteiger partial charge is 0.323 e. The van der Waals surface area contributed by atoms with Crippen LogP contribution in [0, 0.1) is 11.8 Å². The van der Waals surface area contributed by atoms with Gasteiger partial charge in [-0.15, -0.1) is 0 Å². The van der Waals surface area contributed by atoms with Crippen LogP contribution in [0.3, 0.4) is 0 Å². The van der Waals surface area contributed by atoms with Crippen molar-refractivity contribution in [2.45, 2.75) is 71.6 Å². The van der Waals surface area contributed by atoms with Crippen LogP contribution in [-0.2, 0) is 4.79 Å². The molecule has 1 N–H and O–H groups in total. The van der Waals surface area contributed by atoms with Crippen molar-refractivity contribution in [2.24, 2.45) is 11.8 Å². The Morgan fingerprint density at radius 2 is 2.12 bits per heavy atom. The van der Waals surface area contributed by atoms with Crippen LogP contribution in [-0.4, -0.2) is 29.1 Å². The van der Waals surface area contributed by atoms with E-state index in [1.165, 1.54) is 6.42 Å². The van der Waals surface area contributed by atoms with Gasteiger partial charge in [-0.05, 0) is 24.7 Å². The molecule has 0 aromatic carbocycles. The quantitative estimate of drug-likeness (QED) is 0.797. The van der Waals surface area contributed by atoms with Crippen molar-refractivity contribution >= 4 is 5.91 Å². The third kappa shape index (κ3) is 2.35. The number of hydrogen-bond donors (Lipinski definition) is 1. The highest BCUT2D eigenvalue weighted by Gasteiger charge is 2.50. The summed E-state index contributed by atoms with van der Waals surface area (Å²) in [7, 11) is 0. The minimum Gasteiger partial charge on any atom is -0.323 e. The molecule has 0 radical (unpaired) electrons. The molecule has 17 heavy (non-hydrogen) atoms. The molecule has 3 nitrogen and oxygen atoms in total. The Balaban J connectivity index is 2.08. The summed E-state index contributed by atoms with van der Waals surface area (Å²) in [4.78, 5) is 14.6. The zero-order valence-corrected chi connectivity index (χ0v) is 11.6. The zero-order valence-electron chi connectivity index (χ0n) is 11.6. The van der Waals surface area contributed by atoms with Crippen LogP contribution in [0.25, 0.3) is 0 Å². The van der Waals surface area contributed by atoms with Gasteiger partial charge in [-0.25, -0.2) is 0 Å². The van der Waals surface area contributed by atoms with E-state index in [4.69, 9.17) is 0 Å². The normalized spacial score (nSPS) is 38.6. The summed E-state index contributed by atoms with van der Waals surface area (Å²) in [5, 5.41) is 3.56. The van der Waals surface area contributed by atoms with Gasteiger partial charge in [0, 0.05) is 6.04 Å². The Bertz CT molecular complexity index is 292. The maximum absolute atomic E-state index is 12.5. The average molecular weight is 238 g/mol. The van der Waals surface area contributed by atoms with Gasteiger partial charge in [0.25, 0.3) is 0 Å². The minimum atomic E-state index is 0.0596. The maximum Gasteiger partial charge on any atom is 0.241 e. The Morgan fingerprint density at radius 3 is 2.59 bits per heavy atom. The highest BCUT2D eigenvalue weighted by Crippen LogP contribution is 2.39. The summed E-state index contributed by atoms with van der Waals surface area (Å²) < 4.78 is 0. The van der Waals surface area contributed by atoms with Gasteiger partial charge >= 0.3 is 0 Å². The number of carbonyl (C=O) groups is 1. The smallest absolute Gasteiger partial charge is 0.241 e. The summed E-state index contributed by atoms with van der Waals surface area (Å²) in [5.74, 6) is 1.50. The number of carbonyl (C=O) groups excluding carboxylic acids is 1. The van der Waals surface area contributed by atoms with Crippen LogP contribution >= 0.6 is 0 Å². The monoisotopic (exact) mass is 238 g/mol. The molecule has 2 rings (SSSR count). The van der Waals surface area contributed by atoms with E-state index in [-0.39, 0.29) is 6.04 Å². The van der Waals surface area contributed by atoms with E-state index < -0.39 is 0 Å². The van der Waals surface area contributed by atoms with Gasteiger partial charge in [0.15, 0.2) is 0 Å². The Labute approximate surface area is 105 Å². The van der Waals surface area contributed by atoms with Crippen molar-refractivity contribution in [2.75, 3.05) is 0 Å². The fourth-order valence-electron chi connectivity index (χ4n) is 2.90. The first kappa shape index (κ1) is 12.9. The second kappa shape index (κ2) is 4.97. The number of rotatable bonds is 5. The first-order valence-electron chi connectivity index (χ1n) is 7.18. The number of hydrogen-bond acceptors (Lipinski definition) is 2. The van der Waals surface area contributed by atoms with Crippen molar-refractivity contribution in [1.29, 1.82) is 0 Å². The number of nitrogens with one attached hydrogen (secondary N) is 1. The molecule has 5 unspecified atom stereocenters. The Hall–Kier alpha value is -0.570. The third-order valence-corrected chi connectivity index (χ3v) is 4.43. The zero-order chi connectivity index (χ0) is 12.6. The van der Waals surface area contributed by atoms with E-state index in [9.17, 15) is 4.79 Å². The molecule has 1 saturated heterocycles. The van der Waals surface area contributed by atoms with Gasteiger partial charge in [0.05, 0.1) is 12.2 Å². The molecule has 1 amide bonds. The molecule has 1 aliphatic heterocycles. The second-order valence-corrected chi connectivity index (χ2v) is 5.86. The molecule has 5 atom stereocenters. The molecule has 1 heterocycles. The average Bonchev–Trinajstić information content (AvgIpc) is 2.92.